The van der Waals surface area contributed by atoms with Gasteiger partial charge >= 0.3 is 0 Å². The summed E-state index contributed by atoms with van der Waals surface area (Å²) < 4.78 is 25.9. The fourth-order valence-electron chi connectivity index (χ4n) is 1.98. The minimum Gasteiger partial charge on any atom is -0.399 e. The van der Waals surface area contributed by atoms with Gasteiger partial charge in [-0.05, 0) is 31.0 Å². The number of hydrogen-bond donors (Lipinski definition) is 3. The quantitative estimate of drug-likeness (QED) is 0.667. The van der Waals surface area contributed by atoms with Crippen LogP contribution in [0.4, 0.5) is 20.2 Å². The first kappa shape index (κ1) is 15.7. The lowest BCUT2D eigenvalue weighted by molar-refractivity contribution is 0.127. The molecule has 1 aromatic carbocycles. The van der Waals surface area contributed by atoms with Crippen LogP contribution in [0.3, 0.4) is 0 Å². The largest absolute Gasteiger partial charge is 0.399 e. The molecule has 4 N–H and O–H groups in total. The zero-order valence-electron chi connectivity index (χ0n) is 11.4. The number of nitrogens with two attached hydrogens (primary N) is 1. The van der Waals surface area contributed by atoms with E-state index >= 15 is 0 Å². The molecule has 0 aliphatic carbocycles. The van der Waals surface area contributed by atoms with E-state index in [2.05, 4.69) is 5.32 Å². The Morgan fingerprint density at radius 1 is 1.32 bits per heavy atom. The first-order valence-electron chi connectivity index (χ1n) is 6.50. The molecule has 0 aromatic heterocycles. The highest BCUT2D eigenvalue weighted by Crippen LogP contribution is 2.31. The van der Waals surface area contributed by atoms with Crippen LogP contribution in [0.15, 0.2) is 18.2 Å². The van der Waals surface area contributed by atoms with Gasteiger partial charge in [0.2, 0.25) is 0 Å². The van der Waals surface area contributed by atoms with Gasteiger partial charge < -0.3 is 16.2 Å². The SMILES string of the molecule is CCC(CC)(CO)CNc1ccc(N)cc1C(F)F. The highest BCUT2D eigenvalue weighted by atomic mass is 19.3. The first-order valence-corrected chi connectivity index (χ1v) is 6.50. The summed E-state index contributed by atoms with van der Waals surface area (Å²) in [6.07, 6.45) is -1.00. The van der Waals surface area contributed by atoms with Crippen LogP contribution in [-0.2, 0) is 0 Å². The molecule has 0 spiro atoms. The summed E-state index contributed by atoms with van der Waals surface area (Å²) in [5.41, 5.74) is 5.85. The standard InChI is InChI=1S/C14H22F2N2O/c1-3-14(4-2,9-19)8-18-12-6-5-10(17)7-11(12)13(15)16/h5-7,13,18-19H,3-4,8-9,17H2,1-2H3. The molecule has 0 aliphatic rings. The number of nitrogen functional groups attached to an aromatic ring is 1. The molecule has 0 saturated heterocycles. The zero-order valence-corrected chi connectivity index (χ0v) is 11.4. The number of anilines is 2. The van der Waals surface area contributed by atoms with E-state index in [-0.39, 0.29) is 17.6 Å². The van der Waals surface area contributed by atoms with Gasteiger partial charge in [-0.3, -0.25) is 0 Å². The average molecular weight is 272 g/mol. The summed E-state index contributed by atoms with van der Waals surface area (Å²) in [6, 6.07) is 4.43. The molecule has 1 aromatic rings. The molecule has 0 fully saturated rings. The summed E-state index contributed by atoms with van der Waals surface area (Å²) in [6.45, 7) is 4.46. The van der Waals surface area contributed by atoms with E-state index in [4.69, 9.17) is 5.73 Å². The Hall–Kier alpha value is -1.36. The fraction of sp³-hybridized carbons (Fsp3) is 0.571. The van der Waals surface area contributed by atoms with E-state index in [1.54, 1.807) is 12.1 Å². The summed E-state index contributed by atoms with van der Waals surface area (Å²) in [5.74, 6) is 0. The molecule has 0 bridgehead atoms. The molecule has 0 atom stereocenters. The van der Waals surface area contributed by atoms with E-state index in [1.165, 1.54) is 6.07 Å². The minimum absolute atomic E-state index is 0.0337. The van der Waals surface area contributed by atoms with Crippen molar-refractivity contribution < 1.29 is 13.9 Å². The number of halogens is 2. The first-order chi connectivity index (χ1) is 8.98. The van der Waals surface area contributed by atoms with Gasteiger partial charge in [-0.2, -0.15) is 0 Å². The smallest absolute Gasteiger partial charge is 0.265 e. The van der Waals surface area contributed by atoms with Gasteiger partial charge in [0, 0.05) is 28.9 Å². The van der Waals surface area contributed by atoms with Crippen molar-refractivity contribution in [1.82, 2.24) is 0 Å². The van der Waals surface area contributed by atoms with Crippen LogP contribution in [0.5, 0.6) is 0 Å². The molecular weight excluding hydrogens is 250 g/mol. The number of alkyl halides is 2. The Bertz CT molecular complexity index is 398. The Balaban J connectivity index is 2.88. The van der Waals surface area contributed by atoms with Gasteiger partial charge in [-0.25, -0.2) is 8.78 Å². The lowest BCUT2D eigenvalue weighted by atomic mass is 9.83. The summed E-state index contributed by atoms with van der Waals surface area (Å²) in [5, 5.41) is 12.5. The molecule has 1 rings (SSSR count). The topological polar surface area (TPSA) is 58.3 Å². The molecule has 0 unspecified atom stereocenters. The van der Waals surface area contributed by atoms with Crippen molar-refractivity contribution in [2.75, 3.05) is 24.2 Å². The molecule has 0 radical (unpaired) electrons. The number of hydrogen-bond acceptors (Lipinski definition) is 3. The van der Waals surface area contributed by atoms with Crippen LogP contribution < -0.4 is 11.1 Å². The lowest BCUT2D eigenvalue weighted by Gasteiger charge is -2.30. The van der Waals surface area contributed by atoms with Gasteiger partial charge in [0.1, 0.15) is 0 Å². The van der Waals surface area contributed by atoms with Gasteiger partial charge in [0.25, 0.3) is 6.43 Å². The lowest BCUT2D eigenvalue weighted by Crippen LogP contribution is -2.32. The predicted molar refractivity (Wildman–Crippen MR) is 74.4 cm³/mol. The van der Waals surface area contributed by atoms with E-state index in [1.807, 2.05) is 13.8 Å². The van der Waals surface area contributed by atoms with E-state index in [0.717, 1.165) is 12.8 Å². The molecule has 0 saturated carbocycles. The summed E-state index contributed by atoms with van der Waals surface area (Å²) >= 11 is 0. The molecule has 0 heterocycles. The van der Waals surface area contributed by atoms with E-state index < -0.39 is 6.43 Å². The Morgan fingerprint density at radius 2 is 1.95 bits per heavy atom. The number of benzene rings is 1. The maximum atomic E-state index is 12.9. The maximum absolute atomic E-state index is 12.9. The number of nitrogens with one attached hydrogen (secondary N) is 1. The molecule has 5 heteroatoms. The molecule has 108 valence electrons. The second kappa shape index (κ2) is 6.70. The van der Waals surface area contributed by atoms with Crippen molar-refractivity contribution in [2.24, 2.45) is 5.41 Å². The average Bonchev–Trinajstić information content (AvgIpc) is 2.42. The molecule has 19 heavy (non-hydrogen) atoms. The normalized spacial score (nSPS) is 11.9. The van der Waals surface area contributed by atoms with Crippen LogP contribution in [0.25, 0.3) is 0 Å². The van der Waals surface area contributed by atoms with Gasteiger partial charge in [0.15, 0.2) is 0 Å². The number of aliphatic hydroxyl groups excluding tert-OH is 1. The van der Waals surface area contributed by atoms with Gasteiger partial charge in [0.05, 0.1) is 6.61 Å². The highest BCUT2D eigenvalue weighted by Gasteiger charge is 2.25. The zero-order chi connectivity index (χ0) is 14.5. The van der Waals surface area contributed by atoms with Crippen LogP contribution in [-0.4, -0.2) is 18.3 Å². The van der Waals surface area contributed by atoms with Crippen LogP contribution in [0.1, 0.15) is 38.7 Å². The van der Waals surface area contributed by atoms with Gasteiger partial charge in [-0.1, -0.05) is 13.8 Å². The number of rotatable bonds is 7. The van der Waals surface area contributed by atoms with Gasteiger partial charge in [-0.15, -0.1) is 0 Å². The maximum Gasteiger partial charge on any atom is 0.265 e. The summed E-state index contributed by atoms with van der Waals surface area (Å²) in [7, 11) is 0. The van der Waals surface area contributed by atoms with Crippen molar-refractivity contribution in [3.05, 3.63) is 23.8 Å². The highest BCUT2D eigenvalue weighted by molar-refractivity contribution is 5.58. The molecular formula is C14H22F2N2O. The Morgan fingerprint density at radius 3 is 2.42 bits per heavy atom. The Labute approximate surface area is 112 Å². The van der Waals surface area contributed by atoms with E-state index in [9.17, 15) is 13.9 Å². The third kappa shape index (κ3) is 3.80. The minimum atomic E-state index is -2.57. The van der Waals surface area contributed by atoms with Crippen molar-refractivity contribution >= 4 is 11.4 Å². The van der Waals surface area contributed by atoms with Crippen molar-refractivity contribution in [2.45, 2.75) is 33.1 Å². The van der Waals surface area contributed by atoms with Crippen LogP contribution in [0, 0.1) is 5.41 Å². The molecule has 3 nitrogen and oxygen atoms in total. The second-order valence-corrected chi connectivity index (χ2v) is 4.87. The third-order valence-corrected chi connectivity index (χ3v) is 3.80. The number of aliphatic hydroxyl groups is 1. The summed E-state index contributed by atoms with van der Waals surface area (Å²) in [4.78, 5) is 0. The molecule has 0 aliphatic heterocycles. The monoisotopic (exact) mass is 272 g/mol. The predicted octanol–water partition coefficient (Wildman–Crippen LogP) is 3.42. The fourth-order valence-corrected chi connectivity index (χ4v) is 1.98. The Kier molecular flexibility index (Phi) is 5.54. The van der Waals surface area contributed by atoms with Crippen molar-refractivity contribution in [3.8, 4) is 0 Å². The second-order valence-electron chi connectivity index (χ2n) is 4.87. The third-order valence-electron chi connectivity index (χ3n) is 3.80. The van der Waals surface area contributed by atoms with Crippen LogP contribution in [0.2, 0.25) is 0 Å². The van der Waals surface area contributed by atoms with Crippen LogP contribution >= 0.6 is 0 Å². The molecule has 0 amide bonds. The van der Waals surface area contributed by atoms with E-state index in [0.29, 0.717) is 17.9 Å². The van der Waals surface area contributed by atoms with Crippen molar-refractivity contribution in [3.63, 3.8) is 0 Å². The van der Waals surface area contributed by atoms with Crippen molar-refractivity contribution in [1.29, 1.82) is 0 Å².